The first-order chi connectivity index (χ1) is 25.9. The van der Waals surface area contributed by atoms with Gasteiger partial charge in [0.1, 0.15) is 16.8 Å². The highest BCUT2D eigenvalue weighted by Crippen LogP contribution is 2.36. The predicted octanol–water partition coefficient (Wildman–Crippen LogP) is 5.50. The topological polar surface area (TPSA) is 154 Å². The van der Waals surface area contributed by atoms with E-state index in [2.05, 4.69) is 53.7 Å². The van der Waals surface area contributed by atoms with Crippen LogP contribution in [-0.4, -0.2) is 112 Å². The van der Waals surface area contributed by atoms with Gasteiger partial charge in [0, 0.05) is 60.6 Å². The standard InChI is InChI=1S/C40H47N9O4S/c1-26(2)53-34-13-10-30(21-41-34)36-32-20-31(11-12-33(32)44-45-36)43-38(51)40(54-5)16-19-47(24-40)22-35(50)48-17-14-28(15-18-48)27-6-8-29(9-7-27)37-42-25-49(46-37)23-39(3,4)52/h6-14,20-21,25-26,52H,15-19,22-24H2,1-5H3,(H,43,51)(H,44,45)/t40-/m0/s1. The van der Waals surface area contributed by atoms with Gasteiger partial charge >= 0.3 is 0 Å². The van der Waals surface area contributed by atoms with Gasteiger partial charge in [-0.05, 0) is 82.2 Å². The molecule has 7 rings (SSSR count). The third-order valence-electron chi connectivity index (χ3n) is 9.82. The normalized spacial score (nSPS) is 18.0. The van der Waals surface area contributed by atoms with Crippen molar-refractivity contribution in [2.75, 3.05) is 44.3 Å². The fourth-order valence-electron chi connectivity index (χ4n) is 7.01. The van der Waals surface area contributed by atoms with Gasteiger partial charge < -0.3 is 20.1 Å². The molecule has 13 nitrogen and oxygen atoms in total. The molecule has 0 unspecified atom stereocenters. The highest BCUT2D eigenvalue weighted by molar-refractivity contribution is 8.00. The molecule has 0 saturated carbocycles. The minimum absolute atomic E-state index is 0.0324. The van der Waals surface area contributed by atoms with Crippen molar-refractivity contribution in [2.24, 2.45) is 0 Å². The van der Waals surface area contributed by atoms with Gasteiger partial charge in [0.15, 0.2) is 5.82 Å². The second-order valence-electron chi connectivity index (χ2n) is 15.0. The van der Waals surface area contributed by atoms with E-state index in [1.165, 1.54) is 17.3 Å². The lowest BCUT2D eigenvalue weighted by molar-refractivity contribution is -0.132. The number of rotatable bonds is 12. The predicted molar refractivity (Wildman–Crippen MR) is 212 cm³/mol. The number of carbonyl (C=O) groups is 2. The van der Waals surface area contributed by atoms with Crippen LogP contribution in [0.5, 0.6) is 5.88 Å². The molecule has 14 heteroatoms. The number of ether oxygens (including phenoxy) is 1. The van der Waals surface area contributed by atoms with Crippen LogP contribution < -0.4 is 10.1 Å². The Morgan fingerprint density at radius 3 is 2.52 bits per heavy atom. The molecule has 1 atom stereocenters. The summed E-state index contributed by atoms with van der Waals surface area (Å²) in [5, 5.41) is 26.2. The molecule has 3 N–H and O–H groups in total. The maximum absolute atomic E-state index is 13.9. The Balaban J connectivity index is 0.936. The lowest BCUT2D eigenvalue weighted by Crippen LogP contribution is -2.45. The molecule has 1 fully saturated rings. The Bertz CT molecular complexity index is 2150. The number of pyridine rings is 1. The van der Waals surface area contributed by atoms with E-state index in [1.54, 1.807) is 31.1 Å². The van der Waals surface area contributed by atoms with Crippen LogP contribution >= 0.6 is 11.8 Å². The van der Waals surface area contributed by atoms with Gasteiger partial charge in [-0.1, -0.05) is 30.3 Å². The summed E-state index contributed by atoms with van der Waals surface area (Å²) in [6, 6.07) is 17.6. The number of carbonyl (C=O) groups excluding carboxylic acids is 2. The van der Waals surface area contributed by atoms with Crippen molar-refractivity contribution in [2.45, 2.75) is 63.5 Å². The smallest absolute Gasteiger partial charge is 0.241 e. The van der Waals surface area contributed by atoms with Gasteiger partial charge in [0.25, 0.3) is 0 Å². The second kappa shape index (κ2) is 15.4. The summed E-state index contributed by atoms with van der Waals surface area (Å²) in [7, 11) is 0. The average Bonchev–Trinajstić information content (AvgIpc) is 3.90. The summed E-state index contributed by atoms with van der Waals surface area (Å²) >= 11 is 1.54. The van der Waals surface area contributed by atoms with Crippen molar-refractivity contribution in [3.05, 3.63) is 78.8 Å². The molecule has 2 aliphatic rings. The van der Waals surface area contributed by atoms with Crippen LogP contribution in [0.4, 0.5) is 5.69 Å². The number of likely N-dealkylation sites (tertiary alicyclic amines) is 1. The molecule has 2 aliphatic heterocycles. The minimum Gasteiger partial charge on any atom is -0.475 e. The lowest BCUT2D eigenvalue weighted by atomic mass is 9.98. The number of aliphatic hydroxyl groups is 1. The monoisotopic (exact) mass is 749 g/mol. The third-order valence-corrected chi connectivity index (χ3v) is 11.1. The first-order valence-electron chi connectivity index (χ1n) is 18.3. The maximum atomic E-state index is 13.9. The zero-order valence-corrected chi connectivity index (χ0v) is 32.2. The number of H-pyrrole nitrogens is 1. The molecule has 3 aromatic heterocycles. The van der Waals surface area contributed by atoms with Crippen LogP contribution in [0, 0.1) is 0 Å². The van der Waals surface area contributed by atoms with Crippen molar-refractivity contribution in [1.29, 1.82) is 0 Å². The molecule has 5 aromatic rings. The molecular formula is C40H47N9O4S. The molecule has 2 amide bonds. The highest BCUT2D eigenvalue weighted by Gasteiger charge is 2.44. The van der Waals surface area contributed by atoms with E-state index >= 15 is 0 Å². The Morgan fingerprint density at radius 2 is 1.83 bits per heavy atom. The fraction of sp³-hybridized carbons (Fsp3) is 0.400. The van der Waals surface area contributed by atoms with Gasteiger partial charge in [-0.15, -0.1) is 11.8 Å². The summed E-state index contributed by atoms with van der Waals surface area (Å²) in [5.74, 6) is 1.17. The Kier molecular flexibility index (Phi) is 10.6. The van der Waals surface area contributed by atoms with Crippen LogP contribution in [0.3, 0.4) is 0 Å². The molecule has 0 aliphatic carbocycles. The fourth-order valence-corrected chi connectivity index (χ4v) is 7.85. The van der Waals surface area contributed by atoms with E-state index in [-0.39, 0.29) is 24.5 Å². The molecule has 2 aromatic carbocycles. The van der Waals surface area contributed by atoms with Crippen molar-refractivity contribution in [3.63, 3.8) is 0 Å². The number of amides is 2. The van der Waals surface area contributed by atoms with Gasteiger partial charge in [-0.3, -0.25) is 19.6 Å². The first-order valence-corrected chi connectivity index (χ1v) is 19.5. The molecule has 0 radical (unpaired) electrons. The van der Waals surface area contributed by atoms with Crippen LogP contribution in [0.2, 0.25) is 0 Å². The highest BCUT2D eigenvalue weighted by atomic mass is 32.2. The van der Waals surface area contributed by atoms with E-state index < -0.39 is 10.3 Å². The number of nitrogens with zero attached hydrogens (tertiary/aromatic N) is 7. The third kappa shape index (κ3) is 8.35. The number of aromatic amines is 1. The molecule has 54 heavy (non-hydrogen) atoms. The van der Waals surface area contributed by atoms with E-state index in [0.717, 1.165) is 39.7 Å². The number of anilines is 1. The molecule has 1 saturated heterocycles. The van der Waals surface area contributed by atoms with Crippen LogP contribution in [0.15, 0.2) is 73.2 Å². The number of fused-ring (bicyclic) bond motifs is 1. The number of hydrogen-bond donors (Lipinski definition) is 3. The van der Waals surface area contributed by atoms with Gasteiger partial charge in [-0.2, -0.15) is 10.2 Å². The summed E-state index contributed by atoms with van der Waals surface area (Å²) < 4.78 is 6.66. The van der Waals surface area contributed by atoms with Gasteiger partial charge in [0.05, 0.1) is 30.3 Å². The number of benzene rings is 2. The average molecular weight is 750 g/mol. The SMILES string of the molecule is CS[C@@]1(C(=O)Nc2ccc3[nH]nc(-c4ccc(OC(C)C)nc4)c3c2)CCN(CC(=O)N2CC=C(c3ccc(-c4ncn(CC(C)(C)O)n4)cc3)CC2)C1. The van der Waals surface area contributed by atoms with E-state index in [4.69, 9.17) is 4.74 Å². The van der Waals surface area contributed by atoms with E-state index in [0.29, 0.717) is 56.5 Å². The van der Waals surface area contributed by atoms with Gasteiger partial charge in [0.2, 0.25) is 17.7 Å². The Hall–Kier alpha value is -5.05. The van der Waals surface area contributed by atoms with Crippen LogP contribution in [0.25, 0.3) is 39.1 Å². The molecule has 282 valence electrons. The molecule has 5 heterocycles. The quantitative estimate of drug-likeness (QED) is 0.149. The first kappa shape index (κ1) is 37.3. The second-order valence-corrected chi connectivity index (χ2v) is 16.2. The molecule has 0 bridgehead atoms. The van der Waals surface area contributed by atoms with Crippen LogP contribution in [0.1, 0.15) is 46.1 Å². The summed E-state index contributed by atoms with van der Waals surface area (Å²) in [6.45, 7) is 10.4. The zero-order valence-electron chi connectivity index (χ0n) is 31.4. The van der Waals surface area contributed by atoms with Crippen molar-refractivity contribution in [1.82, 2.24) is 39.7 Å². The number of aromatic nitrogens is 6. The molecular weight excluding hydrogens is 703 g/mol. The maximum Gasteiger partial charge on any atom is 0.241 e. The van der Waals surface area contributed by atoms with Gasteiger partial charge in [-0.25, -0.2) is 14.6 Å². The summed E-state index contributed by atoms with van der Waals surface area (Å²) in [6.07, 6.45) is 8.92. The summed E-state index contributed by atoms with van der Waals surface area (Å²) in [5.41, 5.74) is 5.48. The zero-order chi connectivity index (χ0) is 38.0. The van der Waals surface area contributed by atoms with E-state index in [1.807, 2.05) is 67.5 Å². The van der Waals surface area contributed by atoms with Crippen molar-refractivity contribution in [3.8, 4) is 28.5 Å². The number of thioether (sulfide) groups is 1. The summed E-state index contributed by atoms with van der Waals surface area (Å²) in [4.78, 5) is 40.1. The molecule has 0 spiro atoms. The number of nitrogens with one attached hydrogen (secondary N) is 2. The van der Waals surface area contributed by atoms with Crippen molar-refractivity contribution >= 4 is 45.7 Å². The largest absolute Gasteiger partial charge is 0.475 e. The lowest BCUT2D eigenvalue weighted by Gasteiger charge is -2.29. The van der Waals surface area contributed by atoms with Crippen molar-refractivity contribution < 1.29 is 19.4 Å². The number of hydrogen-bond acceptors (Lipinski definition) is 10. The Morgan fingerprint density at radius 1 is 1.06 bits per heavy atom. The minimum atomic E-state index is -0.872. The Labute approximate surface area is 319 Å². The van der Waals surface area contributed by atoms with Crippen LogP contribution in [-0.2, 0) is 16.1 Å². The van der Waals surface area contributed by atoms with E-state index in [9.17, 15) is 14.7 Å².